The predicted molar refractivity (Wildman–Crippen MR) is 114 cm³/mol. The standard InChI is InChI=1S/C22H13O10P/c23-19(24)11-6-15-17(8-13(11)21(27)28)33(31,10-4-2-1-3-5-10)18-9-14(22(29)30)12(20(25)26)7-16(18)32-15/h1-9H,(H,23,24)(H,25,26)(H,27,28)(H,29,30). The second-order valence-corrected chi connectivity index (χ2v) is 9.70. The molecule has 4 rings (SSSR count). The lowest BCUT2D eigenvalue weighted by Gasteiger charge is -2.30. The molecule has 4 N–H and O–H groups in total. The summed E-state index contributed by atoms with van der Waals surface area (Å²) < 4.78 is 20.3. The molecule has 0 aliphatic carbocycles. The van der Waals surface area contributed by atoms with Crippen LogP contribution in [-0.4, -0.2) is 44.3 Å². The molecule has 1 aliphatic heterocycles. The molecule has 0 unspecified atom stereocenters. The Labute approximate surface area is 184 Å². The van der Waals surface area contributed by atoms with Crippen LogP contribution in [0.15, 0.2) is 54.6 Å². The van der Waals surface area contributed by atoms with Crippen molar-refractivity contribution in [1.29, 1.82) is 0 Å². The summed E-state index contributed by atoms with van der Waals surface area (Å²) in [5.74, 6) is -6.76. The maximum atomic E-state index is 14.6. The van der Waals surface area contributed by atoms with Crippen molar-refractivity contribution in [2.24, 2.45) is 0 Å². The lowest BCUT2D eigenvalue weighted by Crippen LogP contribution is -2.33. The van der Waals surface area contributed by atoms with E-state index in [-0.39, 0.29) is 27.4 Å². The number of carboxylic acid groups (broad SMARTS) is 4. The summed E-state index contributed by atoms with van der Waals surface area (Å²) in [6.45, 7) is 0. The van der Waals surface area contributed by atoms with Crippen molar-refractivity contribution in [3.63, 3.8) is 0 Å². The molecule has 3 aromatic carbocycles. The van der Waals surface area contributed by atoms with E-state index in [1.807, 2.05) is 0 Å². The number of fused-ring (bicyclic) bond motifs is 2. The minimum Gasteiger partial charge on any atom is -0.478 e. The van der Waals surface area contributed by atoms with E-state index in [0.29, 0.717) is 0 Å². The van der Waals surface area contributed by atoms with Crippen molar-refractivity contribution >= 4 is 46.9 Å². The molecular formula is C22H13O10P. The van der Waals surface area contributed by atoms with Gasteiger partial charge in [0.1, 0.15) is 11.5 Å². The summed E-state index contributed by atoms with van der Waals surface area (Å²) >= 11 is 0. The van der Waals surface area contributed by atoms with Crippen molar-refractivity contribution in [1.82, 2.24) is 0 Å². The van der Waals surface area contributed by atoms with Crippen LogP contribution in [0.3, 0.4) is 0 Å². The van der Waals surface area contributed by atoms with Crippen LogP contribution < -0.4 is 20.7 Å². The number of benzene rings is 3. The molecule has 1 aliphatic rings. The molecule has 0 saturated heterocycles. The van der Waals surface area contributed by atoms with Gasteiger partial charge in [-0.2, -0.15) is 0 Å². The number of aromatic carboxylic acids is 4. The largest absolute Gasteiger partial charge is 0.478 e. The summed E-state index contributed by atoms with van der Waals surface area (Å²) in [6, 6.07) is 11.4. The smallest absolute Gasteiger partial charge is 0.336 e. The number of hydrogen-bond acceptors (Lipinski definition) is 6. The number of hydrogen-bond donors (Lipinski definition) is 4. The monoisotopic (exact) mass is 468 g/mol. The first kappa shape index (κ1) is 21.8. The van der Waals surface area contributed by atoms with Gasteiger partial charge in [0.2, 0.25) is 0 Å². The molecule has 0 fully saturated rings. The van der Waals surface area contributed by atoms with E-state index >= 15 is 0 Å². The number of ether oxygens (including phenoxy) is 1. The van der Waals surface area contributed by atoms with E-state index in [0.717, 1.165) is 24.3 Å². The third-order valence-electron chi connectivity index (χ3n) is 5.14. The molecule has 0 aromatic heterocycles. The minimum absolute atomic E-state index is 0.150. The summed E-state index contributed by atoms with van der Waals surface area (Å²) in [4.78, 5) is 46.7. The van der Waals surface area contributed by atoms with Crippen LogP contribution in [0.2, 0.25) is 0 Å². The quantitative estimate of drug-likeness (QED) is 0.318. The Hall–Kier alpha value is -4.43. The zero-order chi connectivity index (χ0) is 24.1. The third-order valence-corrected chi connectivity index (χ3v) is 8.22. The van der Waals surface area contributed by atoms with Crippen molar-refractivity contribution in [2.75, 3.05) is 0 Å². The highest BCUT2D eigenvalue weighted by Gasteiger charge is 2.42. The summed E-state index contributed by atoms with van der Waals surface area (Å²) in [5, 5.41) is 37.8. The first-order valence-corrected chi connectivity index (χ1v) is 10.9. The number of carbonyl (C=O) groups is 4. The van der Waals surface area contributed by atoms with Gasteiger partial charge in [0, 0.05) is 5.30 Å². The normalized spacial score (nSPS) is 13.2. The van der Waals surface area contributed by atoms with Gasteiger partial charge < -0.3 is 29.7 Å². The van der Waals surface area contributed by atoms with Crippen LogP contribution in [0.4, 0.5) is 0 Å². The lowest BCUT2D eigenvalue weighted by molar-refractivity contribution is 0.0651. The van der Waals surface area contributed by atoms with Crippen molar-refractivity contribution in [3.05, 3.63) is 76.9 Å². The molecule has 3 aromatic rings. The predicted octanol–water partition coefficient (Wildman–Crippen LogP) is 2.22. The van der Waals surface area contributed by atoms with Crippen LogP contribution >= 0.6 is 7.14 Å². The zero-order valence-electron chi connectivity index (χ0n) is 16.4. The molecule has 0 bridgehead atoms. The average Bonchev–Trinajstić information content (AvgIpc) is 2.78. The topological polar surface area (TPSA) is 175 Å². The van der Waals surface area contributed by atoms with E-state index in [2.05, 4.69) is 0 Å². The summed E-state index contributed by atoms with van der Waals surface area (Å²) in [6.07, 6.45) is 0. The second-order valence-electron chi connectivity index (χ2n) is 7.00. The molecule has 166 valence electrons. The molecule has 0 radical (unpaired) electrons. The molecule has 1 heterocycles. The van der Waals surface area contributed by atoms with Gasteiger partial charge in [-0.3, -0.25) is 0 Å². The van der Waals surface area contributed by atoms with Gasteiger partial charge >= 0.3 is 23.9 Å². The van der Waals surface area contributed by atoms with Crippen molar-refractivity contribution < 1.29 is 48.9 Å². The highest BCUT2D eigenvalue weighted by molar-refractivity contribution is 7.85. The van der Waals surface area contributed by atoms with Crippen LogP contribution in [0.1, 0.15) is 41.4 Å². The van der Waals surface area contributed by atoms with Crippen LogP contribution in [0.5, 0.6) is 11.5 Å². The Morgan fingerprint density at radius 2 is 0.970 bits per heavy atom. The third kappa shape index (κ3) is 3.33. The summed E-state index contributed by atoms with van der Waals surface area (Å²) in [7, 11) is -4.02. The Balaban J connectivity index is 2.15. The van der Waals surface area contributed by atoms with Gasteiger partial charge in [-0.25, -0.2) is 19.2 Å². The molecule has 0 saturated carbocycles. The number of rotatable bonds is 5. The van der Waals surface area contributed by atoms with Gasteiger partial charge in [-0.1, -0.05) is 30.3 Å². The fourth-order valence-electron chi connectivity index (χ4n) is 3.66. The maximum absolute atomic E-state index is 14.6. The second kappa shape index (κ2) is 7.61. The SMILES string of the molecule is O=C(O)c1cc2c(cc1C(=O)O)P(=O)(c1ccccc1)c1cc(C(=O)O)c(C(=O)O)cc1O2. The first-order chi connectivity index (χ1) is 15.6. The molecule has 0 amide bonds. The fraction of sp³-hybridized carbons (Fsp3) is 0. The van der Waals surface area contributed by atoms with E-state index < -0.39 is 53.3 Å². The Bertz CT molecular complexity index is 1340. The van der Waals surface area contributed by atoms with Crippen LogP contribution in [-0.2, 0) is 4.57 Å². The van der Waals surface area contributed by atoms with E-state index in [9.17, 15) is 44.2 Å². The van der Waals surface area contributed by atoms with Crippen LogP contribution in [0, 0.1) is 0 Å². The highest BCUT2D eigenvalue weighted by Crippen LogP contribution is 2.52. The molecule has 0 atom stereocenters. The van der Waals surface area contributed by atoms with E-state index in [1.54, 1.807) is 18.2 Å². The Kier molecular flexibility index (Phi) is 5.03. The van der Waals surface area contributed by atoms with Gasteiger partial charge in [-0.05, 0) is 24.3 Å². The molecular weight excluding hydrogens is 455 g/mol. The molecule has 0 spiro atoms. The fourth-order valence-corrected chi connectivity index (χ4v) is 6.54. The lowest BCUT2D eigenvalue weighted by atomic mass is 10.1. The Morgan fingerprint density at radius 3 is 1.33 bits per heavy atom. The van der Waals surface area contributed by atoms with Gasteiger partial charge in [0.25, 0.3) is 0 Å². The molecule has 11 heteroatoms. The van der Waals surface area contributed by atoms with Crippen molar-refractivity contribution in [3.8, 4) is 11.5 Å². The van der Waals surface area contributed by atoms with Gasteiger partial charge in [0.05, 0.1) is 32.9 Å². The minimum atomic E-state index is -4.02. The summed E-state index contributed by atoms with van der Waals surface area (Å²) in [5.41, 5.74) is -2.51. The van der Waals surface area contributed by atoms with E-state index in [4.69, 9.17) is 4.74 Å². The average molecular weight is 468 g/mol. The van der Waals surface area contributed by atoms with Crippen molar-refractivity contribution in [2.45, 2.75) is 0 Å². The Morgan fingerprint density at radius 1 is 0.606 bits per heavy atom. The highest BCUT2D eigenvalue weighted by atomic mass is 31.2. The maximum Gasteiger partial charge on any atom is 0.336 e. The molecule has 33 heavy (non-hydrogen) atoms. The zero-order valence-corrected chi connectivity index (χ0v) is 17.3. The van der Waals surface area contributed by atoms with Crippen LogP contribution in [0.25, 0.3) is 0 Å². The number of carboxylic acids is 4. The molecule has 10 nitrogen and oxygen atoms in total. The van der Waals surface area contributed by atoms with Gasteiger partial charge in [0.15, 0.2) is 7.14 Å². The first-order valence-electron chi connectivity index (χ1n) is 9.19. The van der Waals surface area contributed by atoms with Gasteiger partial charge in [-0.15, -0.1) is 0 Å². The van der Waals surface area contributed by atoms with E-state index in [1.165, 1.54) is 12.1 Å².